The highest BCUT2D eigenvalue weighted by molar-refractivity contribution is 5.24. The molecule has 4 aliphatic rings. The molecule has 0 saturated heterocycles. The average Bonchev–Trinajstić information content (AvgIpc) is 2.74. The number of fused-ring (bicyclic) bond motifs is 5. The molecule has 0 aromatic carbocycles. The Labute approximate surface area is 124 Å². The maximum absolute atomic E-state index is 6.49. The number of hydrogen-bond donors (Lipinski definition) is 1. The molecule has 1 nitrogen and oxygen atoms in total. The van der Waals surface area contributed by atoms with Gasteiger partial charge >= 0.3 is 0 Å². The van der Waals surface area contributed by atoms with Crippen LogP contribution in [0.5, 0.6) is 0 Å². The van der Waals surface area contributed by atoms with Crippen LogP contribution in [-0.4, -0.2) is 6.04 Å². The van der Waals surface area contributed by atoms with Crippen LogP contribution in [-0.2, 0) is 0 Å². The largest absolute Gasteiger partial charge is 0.327 e. The van der Waals surface area contributed by atoms with E-state index in [1.807, 2.05) is 5.57 Å². The van der Waals surface area contributed by atoms with Crippen molar-refractivity contribution in [1.82, 2.24) is 0 Å². The summed E-state index contributed by atoms with van der Waals surface area (Å²) in [6.07, 6.45) is 15.3. The van der Waals surface area contributed by atoms with Crippen LogP contribution in [0.25, 0.3) is 0 Å². The molecule has 0 amide bonds. The van der Waals surface area contributed by atoms with E-state index in [1.54, 1.807) is 0 Å². The predicted molar refractivity (Wildman–Crippen MR) is 84.3 cm³/mol. The lowest BCUT2D eigenvalue weighted by molar-refractivity contribution is -0.0298. The SMILES string of the molecule is C[C@]12CC[C@H]3[C@@H](CC=C4CCCC[C@@]43C)[C@@H]1CC[C@@H]2N. The summed E-state index contributed by atoms with van der Waals surface area (Å²) in [6.45, 7) is 5.11. The second-order valence-corrected chi connectivity index (χ2v) is 8.69. The highest BCUT2D eigenvalue weighted by Crippen LogP contribution is 2.64. The second kappa shape index (κ2) is 4.35. The summed E-state index contributed by atoms with van der Waals surface area (Å²) in [5.74, 6) is 2.81. The third-order valence-corrected chi connectivity index (χ3v) is 8.09. The van der Waals surface area contributed by atoms with Crippen molar-refractivity contribution >= 4 is 0 Å². The summed E-state index contributed by atoms with van der Waals surface area (Å²) < 4.78 is 0. The lowest BCUT2D eigenvalue weighted by atomic mass is 9.48. The summed E-state index contributed by atoms with van der Waals surface area (Å²) >= 11 is 0. The van der Waals surface area contributed by atoms with E-state index < -0.39 is 0 Å². The van der Waals surface area contributed by atoms with Gasteiger partial charge < -0.3 is 5.73 Å². The van der Waals surface area contributed by atoms with Crippen LogP contribution in [0.1, 0.15) is 71.6 Å². The second-order valence-electron chi connectivity index (χ2n) is 8.69. The molecule has 0 spiro atoms. The number of rotatable bonds is 0. The fraction of sp³-hybridized carbons (Fsp3) is 0.895. The first-order chi connectivity index (χ1) is 9.56. The molecule has 0 heterocycles. The van der Waals surface area contributed by atoms with E-state index in [9.17, 15) is 0 Å². The zero-order chi connectivity index (χ0) is 14.0. The Morgan fingerprint density at radius 2 is 1.90 bits per heavy atom. The fourth-order valence-electron chi connectivity index (χ4n) is 6.74. The van der Waals surface area contributed by atoms with Gasteiger partial charge in [-0.2, -0.15) is 0 Å². The summed E-state index contributed by atoms with van der Waals surface area (Å²) in [4.78, 5) is 0. The zero-order valence-corrected chi connectivity index (χ0v) is 13.3. The Balaban J connectivity index is 1.69. The maximum Gasteiger partial charge on any atom is 0.00957 e. The molecule has 0 radical (unpaired) electrons. The lowest BCUT2D eigenvalue weighted by Crippen LogP contribution is -2.51. The zero-order valence-electron chi connectivity index (χ0n) is 13.3. The minimum atomic E-state index is 0.456. The normalized spacial score (nSPS) is 54.6. The molecule has 0 unspecified atom stereocenters. The summed E-state index contributed by atoms with van der Waals surface area (Å²) in [7, 11) is 0. The summed E-state index contributed by atoms with van der Waals surface area (Å²) in [6, 6.07) is 0.470. The third-order valence-electron chi connectivity index (χ3n) is 8.09. The Morgan fingerprint density at radius 3 is 2.75 bits per heavy atom. The van der Waals surface area contributed by atoms with Gasteiger partial charge in [-0.05, 0) is 80.0 Å². The van der Waals surface area contributed by atoms with Gasteiger partial charge in [0, 0.05) is 6.04 Å². The van der Waals surface area contributed by atoms with Crippen LogP contribution in [0.2, 0.25) is 0 Å². The minimum absolute atomic E-state index is 0.456. The van der Waals surface area contributed by atoms with Crippen molar-refractivity contribution in [2.24, 2.45) is 34.3 Å². The van der Waals surface area contributed by atoms with Gasteiger partial charge in [-0.15, -0.1) is 0 Å². The van der Waals surface area contributed by atoms with Crippen molar-refractivity contribution < 1.29 is 0 Å². The first-order valence-corrected chi connectivity index (χ1v) is 9.01. The van der Waals surface area contributed by atoms with Gasteiger partial charge in [-0.1, -0.05) is 31.9 Å². The van der Waals surface area contributed by atoms with Gasteiger partial charge in [0.15, 0.2) is 0 Å². The third kappa shape index (κ3) is 1.59. The molecule has 0 aromatic rings. The fourth-order valence-corrected chi connectivity index (χ4v) is 6.74. The molecular formula is C19H31N. The molecule has 0 bridgehead atoms. The van der Waals surface area contributed by atoms with Gasteiger partial charge in [0.25, 0.3) is 0 Å². The first kappa shape index (κ1) is 13.4. The van der Waals surface area contributed by atoms with Gasteiger partial charge in [-0.25, -0.2) is 0 Å². The van der Waals surface area contributed by atoms with E-state index in [4.69, 9.17) is 5.73 Å². The summed E-state index contributed by atoms with van der Waals surface area (Å²) in [5.41, 5.74) is 9.33. The molecule has 3 fully saturated rings. The molecule has 0 aromatic heterocycles. The Hall–Kier alpha value is -0.300. The van der Waals surface area contributed by atoms with Crippen LogP contribution in [0.4, 0.5) is 0 Å². The summed E-state index contributed by atoms with van der Waals surface area (Å²) in [5, 5.41) is 0. The van der Waals surface area contributed by atoms with E-state index >= 15 is 0 Å². The molecule has 1 heteroatoms. The standard InChI is InChI=1S/C19H31N/c1-18-11-4-3-5-13(18)6-7-14-15-8-9-17(20)19(15,2)12-10-16(14)18/h6,14-17H,3-5,7-12,20H2,1-2H3/t14-,15-,16-,17-,18-,19-/m0/s1. The van der Waals surface area contributed by atoms with Crippen molar-refractivity contribution in [2.45, 2.75) is 77.7 Å². The van der Waals surface area contributed by atoms with Gasteiger partial charge in [-0.3, -0.25) is 0 Å². The number of allylic oxidation sites excluding steroid dienone is 2. The smallest absolute Gasteiger partial charge is 0.00957 e. The predicted octanol–water partition coefficient (Wildman–Crippen LogP) is 4.67. The van der Waals surface area contributed by atoms with Crippen LogP contribution in [0, 0.1) is 28.6 Å². The van der Waals surface area contributed by atoms with Gasteiger partial charge in [0.1, 0.15) is 0 Å². The van der Waals surface area contributed by atoms with Crippen LogP contribution < -0.4 is 5.73 Å². The topological polar surface area (TPSA) is 26.0 Å². The lowest BCUT2D eigenvalue weighted by Gasteiger charge is -2.57. The number of hydrogen-bond acceptors (Lipinski definition) is 1. The van der Waals surface area contributed by atoms with Gasteiger partial charge in [0.2, 0.25) is 0 Å². The van der Waals surface area contributed by atoms with Crippen molar-refractivity contribution in [3.05, 3.63) is 11.6 Å². The first-order valence-electron chi connectivity index (χ1n) is 9.01. The molecule has 3 saturated carbocycles. The number of nitrogens with two attached hydrogens (primary N) is 1. The molecule has 4 rings (SSSR count). The van der Waals surface area contributed by atoms with E-state index in [0.717, 1.165) is 17.8 Å². The Morgan fingerprint density at radius 1 is 1.05 bits per heavy atom. The molecule has 4 aliphatic carbocycles. The van der Waals surface area contributed by atoms with Gasteiger partial charge in [0.05, 0.1) is 0 Å². The van der Waals surface area contributed by atoms with Crippen LogP contribution in [0.3, 0.4) is 0 Å². The van der Waals surface area contributed by atoms with Crippen molar-refractivity contribution in [3.8, 4) is 0 Å². The van der Waals surface area contributed by atoms with E-state index in [1.165, 1.54) is 57.8 Å². The highest BCUT2D eigenvalue weighted by Gasteiger charge is 2.57. The molecule has 20 heavy (non-hydrogen) atoms. The highest BCUT2D eigenvalue weighted by atomic mass is 14.8. The Bertz CT molecular complexity index is 439. The molecule has 2 N–H and O–H groups in total. The van der Waals surface area contributed by atoms with Crippen molar-refractivity contribution in [2.75, 3.05) is 0 Å². The van der Waals surface area contributed by atoms with Crippen molar-refractivity contribution in [1.29, 1.82) is 0 Å². The van der Waals surface area contributed by atoms with E-state index in [0.29, 0.717) is 16.9 Å². The van der Waals surface area contributed by atoms with Crippen LogP contribution in [0.15, 0.2) is 11.6 Å². The molecular weight excluding hydrogens is 242 g/mol. The van der Waals surface area contributed by atoms with E-state index in [2.05, 4.69) is 19.9 Å². The molecule has 0 aliphatic heterocycles. The van der Waals surface area contributed by atoms with E-state index in [-0.39, 0.29) is 0 Å². The van der Waals surface area contributed by atoms with Crippen molar-refractivity contribution in [3.63, 3.8) is 0 Å². The van der Waals surface area contributed by atoms with Crippen LogP contribution >= 0.6 is 0 Å². The minimum Gasteiger partial charge on any atom is -0.327 e. The average molecular weight is 273 g/mol. The quantitative estimate of drug-likeness (QED) is 0.638. The monoisotopic (exact) mass is 273 g/mol. The molecule has 112 valence electrons. The maximum atomic E-state index is 6.49. The molecule has 6 atom stereocenters. The Kier molecular flexibility index (Phi) is 2.91.